The largest absolute Gasteiger partial charge is 0.337 e. The Hall–Kier alpha value is -2.51. The second-order valence-electron chi connectivity index (χ2n) is 7.99. The van der Waals surface area contributed by atoms with Gasteiger partial charge in [0, 0.05) is 18.8 Å². The molecule has 5 nitrogen and oxygen atoms in total. The first-order valence-corrected chi connectivity index (χ1v) is 11.6. The van der Waals surface area contributed by atoms with E-state index < -0.39 is 10.0 Å². The Balaban J connectivity index is 1.67. The van der Waals surface area contributed by atoms with Crippen molar-refractivity contribution in [2.75, 3.05) is 0 Å². The zero-order chi connectivity index (χ0) is 21.3. The van der Waals surface area contributed by atoms with Gasteiger partial charge in [0.15, 0.2) is 0 Å². The number of aryl methyl sites for hydroxylation is 3. The summed E-state index contributed by atoms with van der Waals surface area (Å²) in [5.74, 6) is -0.322. The van der Waals surface area contributed by atoms with Crippen molar-refractivity contribution in [3.8, 4) is 0 Å². The maximum atomic E-state index is 13.7. The Morgan fingerprint density at radius 3 is 2.37 bits per heavy atom. The summed E-state index contributed by atoms with van der Waals surface area (Å²) in [6, 6.07) is 12.7. The smallest absolute Gasteiger partial charge is 0.243 e. The van der Waals surface area contributed by atoms with Gasteiger partial charge in [0.05, 0.1) is 23.0 Å². The maximum absolute atomic E-state index is 13.7. The van der Waals surface area contributed by atoms with Gasteiger partial charge in [-0.1, -0.05) is 29.8 Å². The Morgan fingerprint density at radius 1 is 1.03 bits per heavy atom. The summed E-state index contributed by atoms with van der Waals surface area (Å²) in [4.78, 5) is 4.55. The normalized spacial score (nSPS) is 20.0. The van der Waals surface area contributed by atoms with Crippen LogP contribution in [0.1, 0.15) is 42.1 Å². The first-order valence-electron chi connectivity index (χ1n) is 10.2. The second kappa shape index (κ2) is 8.32. The lowest BCUT2D eigenvalue weighted by Gasteiger charge is -2.30. The minimum Gasteiger partial charge on any atom is -0.337 e. The molecule has 2 atom stereocenters. The van der Waals surface area contributed by atoms with Gasteiger partial charge in [0.2, 0.25) is 10.0 Å². The fourth-order valence-corrected chi connectivity index (χ4v) is 6.11. The molecule has 2 heterocycles. The van der Waals surface area contributed by atoms with Gasteiger partial charge in [-0.25, -0.2) is 17.8 Å². The second-order valence-corrected chi connectivity index (χ2v) is 9.83. The third-order valence-corrected chi connectivity index (χ3v) is 7.75. The highest BCUT2D eigenvalue weighted by Crippen LogP contribution is 2.41. The van der Waals surface area contributed by atoms with E-state index in [1.54, 1.807) is 34.9 Å². The molecule has 4 rings (SSSR count). The lowest BCUT2D eigenvalue weighted by molar-refractivity contribution is 0.304. The van der Waals surface area contributed by atoms with Crippen molar-refractivity contribution in [1.82, 2.24) is 13.9 Å². The molecule has 3 aromatic rings. The summed E-state index contributed by atoms with van der Waals surface area (Å²) in [6.07, 6.45) is 5.91. The van der Waals surface area contributed by atoms with Crippen LogP contribution < -0.4 is 0 Å². The molecule has 30 heavy (non-hydrogen) atoms. The van der Waals surface area contributed by atoms with Crippen LogP contribution in [0.25, 0.3) is 0 Å². The van der Waals surface area contributed by atoms with E-state index in [0.717, 1.165) is 23.2 Å². The Bertz CT molecular complexity index is 1110. The summed E-state index contributed by atoms with van der Waals surface area (Å²) in [6.45, 7) is 4.57. The van der Waals surface area contributed by atoms with E-state index in [4.69, 9.17) is 0 Å². The molecule has 0 aliphatic carbocycles. The van der Waals surface area contributed by atoms with E-state index in [1.807, 2.05) is 36.7 Å². The van der Waals surface area contributed by atoms with Crippen molar-refractivity contribution in [2.24, 2.45) is 0 Å². The minimum absolute atomic E-state index is 0.130. The fraction of sp³-hybridized carbons (Fsp3) is 0.348. The molecule has 1 aliphatic heterocycles. The van der Waals surface area contributed by atoms with Crippen molar-refractivity contribution in [1.29, 1.82) is 0 Å². The highest BCUT2D eigenvalue weighted by atomic mass is 32.2. The number of rotatable bonds is 6. The van der Waals surface area contributed by atoms with Crippen LogP contribution in [0.3, 0.4) is 0 Å². The summed E-state index contributed by atoms with van der Waals surface area (Å²) >= 11 is 0. The number of aromatic nitrogens is 2. The zero-order valence-electron chi connectivity index (χ0n) is 17.2. The first kappa shape index (κ1) is 20.8. The predicted octanol–water partition coefficient (Wildman–Crippen LogP) is 4.62. The highest BCUT2D eigenvalue weighted by Gasteiger charge is 2.42. The van der Waals surface area contributed by atoms with Crippen LogP contribution in [0.4, 0.5) is 4.39 Å². The molecule has 0 bridgehead atoms. The van der Waals surface area contributed by atoms with Crippen molar-refractivity contribution in [3.63, 3.8) is 0 Å². The van der Waals surface area contributed by atoms with Crippen LogP contribution in [-0.4, -0.2) is 28.3 Å². The lowest BCUT2D eigenvalue weighted by Crippen LogP contribution is -2.38. The number of hydrogen-bond acceptors (Lipinski definition) is 3. The SMILES string of the molecule is Cc1ccc(S(=O)(=O)N2C(CCn3cnc(C)c3)CCC2c2ccc(F)cc2)cc1. The topological polar surface area (TPSA) is 55.2 Å². The van der Waals surface area contributed by atoms with E-state index in [1.165, 1.54) is 12.1 Å². The van der Waals surface area contributed by atoms with Gasteiger partial charge in [-0.3, -0.25) is 0 Å². The maximum Gasteiger partial charge on any atom is 0.243 e. The zero-order valence-corrected chi connectivity index (χ0v) is 18.0. The standard InChI is InChI=1S/C23H26FN3O2S/c1-17-3-10-22(11-4-17)30(28,29)27-21(13-14-26-15-18(2)25-16-26)9-12-23(27)19-5-7-20(24)8-6-19/h3-8,10-11,15-16,21,23H,9,12-14H2,1-2H3. The van der Waals surface area contributed by atoms with Gasteiger partial charge in [0.25, 0.3) is 0 Å². The Morgan fingerprint density at radius 2 is 1.73 bits per heavy atom. The molecule has 1 fully saturated rings. The van der Waals surface area contributed by atoms with E-state index in [9.17, 15) is 12.8 Å². The molecular formula is C23H26FN3O2S. The first-order chi connectivity index (χ1) is 14.3. The van der Waals surface area contributed by atoms with E-state index in [0.29, 0.717) is 24.3 Å². The van der Waals surface area contributed by atoms with E-state index in [-0.39, 0.29) is 17.9 Å². The summed E-state index contributed by atoms with van der Waals surface area (Å²) in [7, 11) is -3.70. The quantitative estimate of drug-likeness (QED) is 0.577. The van der Waals surface area contributed by atoms with Crippen molar-refractivity contribution in [3.05, 3.63) is 83.7 Å². The summed E-state index contributed by atoms with van der Waals surface area (Å²) in [5.41, 5.74) is 2.78. The van der Waals surface area contributed by atoms with Crippen LogP contribution in [0.15, 0.2) is 66.0 Å². The number of halogens is 1. The molecule has 158 valence electrons. The Labute approximate surface area is 177 Å². The summed E-state index contributed by atoms with van der Waals surface area (Å²) in [5, 5.41) is 0. The van der Waals surface area contributed by atoms with Crippen LogP contribution in [-0.2, 0) is 16.6 Å². The lowest BCUT2D eigenvalue weighted by atomic mass is 10.1. The molecule has 0 radical (unpaired) electrons. The molecule has 0 amide bonds. The van der Waals surface area contributed by atoms with Crippen LogP contribution in [0.5, 0.6) is 0 Å². The number of imidazole rings is 1. The van der Waals surface area contributed by atoms with Crippen LogP contribution in [0, 0.1) is 19.7 Å². The third-order valence-electron chi connectivity index (χ3n) is 5.77. The molecule has 0 saturated carbocycles. The number of nitrogens with zero attached hydrogens (tertiary/aromatic N) is 3. The predicted molar refractivity (Wildman–Crippen MR) is 114 cm³/mol. The van der Waals surface area contributed by atoms with Gasteiger partial charge in [-0.15, -0.1) is 0 Å². The molecule has 1 aliphatic rings. The average molecular weight is 428 g/mol. The number of benzene rings is 2. The molecular weight excluding hydrogens is 401 g/mol. The van der Waals surface area contributed by atoms with Gasteiger partial charge < -0.3 is 4.57 Å². The molecule has 0 spiro atoms. The van der Waals surface area contributed by atoms with Crippen molar-refractivity contribution >= 4 is 10.0 Å². The third kappa shape index (κ3) is 4.18. The molecule has 1 aromatic heterocycles. The van der Waals surface area contributed by atoms with Gasteiger partial charge in [-0.2, -0.15) is 4.31 Å². The monoisotopic (exact) mass is 427 g/mol. The molecule has 7 heteroatoms. The molecule has 2 aromatic carbocycles. The molecule has 1 saturated heterocycles. The number of sulfonamides is 1. The van der Waals surface area contributed by atoms with Crippen molar-refractivity contribution < 1.29 is 12.8 Å². The molecule has 2 unspecified atom stereocenters. The number of hydrogen-bond donors (Lipinski definition) is 0. The summed E-state index contributed by atoms with van der Waals surface area (Å²) < 4.78 is 44.4. The van der Waals surface area contributed by atoms with Gasteiger partial charge >= 0.3 is 0 Å². The fourth-order valence-electron chi connectivity index (χ4n) is 4.22. The average Bonchev–Trinajstić information content (AvgIpc) is 3.34. The van der Waals surface area contributed by atoms with E-state index >= 15 is 0 Å². The van der Waals surface area contributed by atoms with Gasteiger partial charge in [-0.05, 0) is 62.9 Å². The van der Waals surface area contributed by atoms with E-state index in [2.05, 4.69) is 4.98 Å². The van der Waals surface area contributed by atoms with Crippen molar-refractivity contribution in [2.45, 2.75) is 56.6 Å². The van der Waals surface area contributed by atoms with Gasteiger partial charge in [0.1, 0.15) is 5.82 Å². The minimum atomic E-state index is -3.70. The van der Waals surface area contributed by atoms with Crippen LogP contribution >= 0.6 is 0 Å². The molecule has 0 N–H and O–H groups in total. The Kier molecular flexibility index (Phi) is 5.75. The van der Waals surface area contributed by atoms with Crippen LogP contribution in [0.2, 0.25) is 0 Å². The highest BCUT2D eigenvalue weighted by molar-refractivity contribution is 7.89.